The van der Waals surface area contributed by atoms with Crippen molar-refractivity contribution in [3.8, 4) is 0 Å². The molecule has 0 spiro atoms. The number of aliphatic imine (C=N–C) groups is 2. The molecule has 0 aromatic heterocycles. The van der Waals surface area contributed by atoms with E-state index in [4.69, 9.17) is 9.47 Å². The van der Waals surface area contributed by atoms with Gasteiger partial charge in [-0.25, -0.2) is 9.98 Å². The molecular weight excluding hydrogens is 300 g/mol. The highest BCUT2D eigenvalue weighted by Crippen LogP contribution is 2.24. The summed E-state index contributed by atoms with van der Waals surface area (Å²) in [5.41, 5.74) is 4.89. The summed E-state index contributed by atoms with van der Waals surface area (Å²) in [5, 5.41) is 0. The maximum Gasteiger partial charge on any atom is 0.188 e. The van der Waals surface area contributed by atoms with E-state index in [1.54, 1.807) is 0 Å². The van der Waals surface area contributed by atoms with Gasteiger partial charge in [-0.05, 0) is 63.8 Å². The van der Waals surface area contributed by atoms with Crippen LogP contribution >= 0.6 is 0 Å². The number of nitrogens with zero attached hydrogens (tertiary/aromatic N) is 2. The molecule has 1 aromatic rings. The average Bonchev–Trinajstić information content (AvgIpc) is 2.97. The fourth-order valence-corrected chi connectivity index (χ4v) is 3.16. The molecule has 2 aliphatic rings. The Morgan fingerprint density at radius 3 is 1.54 bits per heavy atom. The van der Waals surface area contributed by atoms with Crippen LogP contribution in [0.5, 0.6) is 0 Å². The number of ether oxygens (including phenoxy) is 2. The molecule has 0 bridgehead atoms. The molecule has 0 radical (unpaired) electrons. The largest absolute Gasteiger partial charge is 0.478 e. The van der Waals surface area contributed by atoms with Gasteiger partial charge in [-0.15, -0.1) is 0 Å². The van der Waals surface area contributed by atoms with E-state index in [2.05, 4.69) is 63.7 Å². The maximum absolute atomic E-state index is 5.76. The highest BCUT2D eigenvalue weighted by Gasteiger charge is 2.28. The van der Waals surface area contributed by atoms with Crippen molar-refractivity contribution < 1.29 is 9.47 Å². The fourth-order valence-electron chi connectivity index (χ4n) is 3.16. The van der Waals surface area contributed by atoms with Crippen LogP contribution in [-0.2, 0) is 22.3 Å². The SMILES string of the molecule is Cc1cc(C)c(CC2=NC(C)(C)CO2)cc1CC1=NC(C)(C)CO1. The summed E-state index contributed by atoms with van der Waals surface area (Å²) in [6.45, 7) is 14.0. The van der Waals surface area contributed by atoms with Crippen molar-refractivity contribution in [3.63, 3.8) is 0 Å². The lowest BCUT2D eigenvalue weighted by atomic mass is 9.96. The minimum Gasteiger partial charge on any atom is -0.478 e. The standard InChI is InChI=1S/C20H28N2O2/c1-13-7-14(2)16(10-18-22-20(5,6)12-24-18)8-15(13)9-17-21-19(3,4)11-23-17/h7-8H,9-12H2,1-6H3. The molecule has 4 heteroatoms. The number of rotatable bonds is 4. The van der Waals surface area contributed by atoms with Crippen molar-refractivity contribution in [2.45, 2.75) is 65.5 Å². The van der Waals surface area contributed by atoms with Gasteiger partial charge in [0.2, 0.25) is 0 Å². The fraction of sp³-hybridized carbons (Fsp3) is 0.600. The Morgan fingerprint density at radius 2 is 1.21 bits per heavy atom. The number of hydrogen-bond acceptors (Lipinski definition) is 4. The molecule has 130 valence electrons. The van der Waals surface area contributed by atoms with E-state index >= 15 is 0 Å². The first-order valence-electron chi connectivity index (χ1n) is 8.66. The van der Waals surface area contributed by atoms with Gasteiger partial charge in [0, 0.05) is 12.8 Å². The normalized spacial score (nSPS) is 21.1. The quantitative estimate of drug-likeness (QED) is 0.843. The minimum absolute atomic E-state index is 0.102. The van der Waals surface area contributed by atoms with E-state index in [0.29, 0.717) is 13.2 Å². The third-order valence-electron chi connectivity index (χ3n) is 4.52. The smallest absolute Gasteiger partial charge is 0.188 e. The molecule has 0 saturated carbocycles. The molecule has 2 heterocycles. The summed E-state index contributed by atoms with van der Waals surface area (Å²) in [6.07, 6.45) is 1.50. The van der Waals surface area contributed by atoms with Gasteiger partial charge in [-0.3, -0.25) is 0 Å². The number of aryl methyl sites for hydroxylation is 2. The Morgan fingerprint density at radius 1 is 0.792 bits per heavy atom. The third-order valence-corrected chi connectivity index (χ3v) is 4.52. The maximum atomic E-state index is 5.76. The molecule has 4 nitrogen and oxygen atoms in total. The zero-order valence-electron chi connectivity index (χ0n) is 15.7. The molecule has 0 saturated heterocycles. The second-order valence-electron chi connectivity index (χ2n) is 8.27. The Labute approximate surface area is 145 Å². The van der Waals surface area contributed by atoms with Crippen molar-refractivity contribution in [2.75, 3.05) is 13.2 Å². The lowest BCUT2D eigenvalue weighted by Crippen LogP contribution is -2.17. The van der Waals surface area contributed by atoms with E-state index in [9.17, 15) is 0 Å². The van der Waals surface area contributed by atoms with E-state index in [-0.39, 0.29) is 11.1 Å². The van der Waals surface area contributed by atoms with Crippen LogP contribution in [0.15, 0.2) is 22.1 Å². The first kappa shape index (κ1) is 17.0. The van der Waals surface area contributed by atoms with Crippen LogP contribution in [0.25, 0.3) is 0 Å². The van der Waals surface area contributed by atoms with Crippen molar-refractivity contribution in [3.05, 3.63) is 34.4 Å². The Balaban J connectivity index is 1.82. The molecule has 0 aliphatic carbocycles. The van der Waals surface area contributed by atoms with Gasteiger partial charge in [0.25, 0.3) is 0 Å². The van der Waals surface area contributed by atoms with Crippen LogP contribution in [0.1, 0.15) is 49.9 Å². The lowest BCUT2D eigenvalue weighted by molar-refractivity contribution is 0.275. The van der Waals surface area contributed by atoms with Crippen LogP contribution in [-0.4, -0.2) is 36.1 Å². The summed E-state index contributed by atoms with van der Waals surface area (Å²) >= 11 is 0. The Hall–Kier alpha value is -1.84. The van der Waals surface area contributed by atoms with Gasteiger partial charge in [0.05, 0.1) is 11.1 Å². The van der Waals surface area contributed by atoms with Crippen LogP contribution in [0.3, 0.4) is 0 Å². The first-order chi connectivity index (χ1) is 11.1. The lowest BCUT2D eigenvalue weighted by Gasteiger charge is -2.12. The summed E-state index contributed by atoms with van der Waals surface area (Å²) in [4.78, 5) is 9.35. The molecule has 3 rings (SSSR count). The third kappa shape index (κ3) is 3.80. The van der Waals surface area contributed by atoms with Crippen molar-refractivity contribution >= 4 is 11.8 Å². The summed E-state index contributed by atoms with van der Waals surface area (Å²) in [6, 6.07) is 4.51. The Bertz CT molecular complexity index is 657. The van der Waals surface area contributed by atoms with Crippen LogP contribution < -0.4 is 0 Å². The molecule has 2 aliphatic heterocycles. The highest BCUT2D eigenvalue weighted by atomic mass is 16.5. The van der Waals surface area contributed by atoms with Crippen molar-refractivity contribution in [1.29, 1.82) is 0 Å². The zero-order valence-corrected chi connectivity index (χ0v) is 15.7. The number of hydrogen-bond donors (Lipinski definition) is 0. The summed E-state index contributed by atoms with van der Waals surface area (Å²) < 4.78 is 11.5. The van der Waals surface area contributed by atoms with Gasteiger partial charge in [0.15, 0.2) is 11.8 Å². The zero-order chi connectivity index (χ0) is 17.5. The molecule has 0 amide bonds. The van der Waals surface area contributed by atoms with Gasteiger partial charge in [-0.1, -0.05) is 12.1 Å². The molecular formula is C20H28N2O2. The molecule has 0 N–H and O–H groups in total. The molecule has 0 fully saturated rings. The van der Waals surface area contributed by atoms with Crippen LogP contribution in [0.4, 0.5) is 0 Å². The van der Waals surface area contributed by atoms with Crippen molar-refractivity contribution in [2.24, 2.45) is 9.98 Å². The second-order valence-corrected chi connectivity index (χ2v) is 8.27. The van der Waals surface area contributed by atoms with Crippen LogP contribution in [0, 0.1) is 13.8 Å². The summed E-state index contributed by atoms with van der Waals surface area (Å²) in [7, 11) is 0. The predicted molar refractivity (Wildman–Crippen MR) is 98.3 cm³/mol. The van der Waals surface area contributed by atoms with Crippen LogP contribution in [0.2, 0.25) is 0 Å². The molecule has 0 atom stereocenters. The first-order valence-corrected chi connectivity index (χ1v) is 8.66. The summed E-state index contributed by atoms with van der Waals surface area (Å²) in [5.74, 6) is 1.68. The highest BCUT2D eigenvalue weighted by molar-refractivity contribution is 5.82. The van der Waals surface area contributed by atoms with E-state index in [1.165, 1.54) is 22.3 Å². The van der Waals surface area contributed by atoms with Gasteiger partial charge in [0.1, 0.15) is 13.2 Å². The van der Waals surface area contributed by atoms with Gasteiger partial charge in [-0.2, -0.15) is 0 Å². The molecule has 0 unspecified atom stereocenters. The topological polar surface area (TPSA) is 43.2 Å². The van der Waals surface area contributed by atoms with E-state index in [1.807, 2.05) is 0 Å². The predicted octanol–water partition coefficient (Wildman–Crippen LogP) is 3.80. The molecule has 1 aromatic carbocycles. The Kier molecular flexibility index (Phi) is 4.18. The second kappa shape index (κ2) is 5.91. The molecule has 24 heavy (non-hydrogen) atoms. The number of benzene rings is 1. The van der Waals surface area contributed by atoms with E-state index in [0.717, 1.165) is 24.6 Å². The van der Waals surface area contributed by atoms with E-state index < -0.39 is 0 Å². The van der Waals surface area contributed by atoms with Crippen molar-refractivity contribution in [1.82, 2.24) is 0 Å². The van der Waals surface area contributed by atoms with Gasteiger partial charge < -0.3 is 9.47 Å². The minimum atomic E-state index is -0.102. The average molecular weight is 328 g/mol. The monoisotopic (exact) mass is 328 g/mol. The van der Waals surface area contributed by atoms with Gasteiger partial charge >= 0.3 is 0 Å².